The molecule has 3 aromatic rings. The lowest BCUT2D eigenvalue weighted by Crippen LogP contribution is -2.54. The predicted octanol–water partition coefficient (Wildman–Crippen LogP) is 6.31. The third kappa shape index (κ3) is 6.12. The lowest BCUT2D eigenvalue weighted by atomic mass is 10.1. The Morgan fingerprint density at radius 2 is 1.57 bits per heavy atom. The summed E-state index contributed by atoms with van der Waals surface area (Å²) in [5, 5.41) is 3.37. The van der Waals surface area contributed by atoms with Crippen LogP contribution < -0.4 is 29.2 Å². The number of hydrogen-bond acceptors (Lipinski definition) is 7. The van der Waals surface area contributed by atoms with Crippen LogP contribution in [0.25, 0.3) is 6.08 Å². The van der Waals surface area contributed by atoms with Crippen LogP contribution in [0.2, 0.25) is 15.1 Å². The van der Waals surface area contributed by atoms with Crippen LogP contribution in [-0.2, 0) is 16.2 Å². The first-order valence-corrected chi connectivity index (χ1v) is 13.0. The number of rotatable bonds is 9. The van der Waals surface area contributed by atoms with Gasteiger partial charge in [-0.2, -0.15) is 0 Å². The maximum atomic E-state index is 13.5. The lowest BCUT2D eigenvalue weighted by molar-refractivity contribution is -0.122. The van der Waals surface area contributed by atoms with E-state index in [1.165, 1.54) is 32.4 Å². The molecule has 4 rings (SSSR count). The summed E-state index contributed by atoms with van der Waals surface area (Å²) in [6.45, 7) is 2.29. The molecule has 1 aliphatic heterocycles. The molecule has 0 atom stereocenters. The minimum atomic E-state index is -0.950. The van der Waals surface area contributed by atoms with Gasteiger partial charge < -0.3 is 18.9 Å². The van der Waals surface area contributed by atoms with Crippen LogP contribution in [0.5, 0.6) is 23.0 Å². The molecule has 1 heterocycles. The Bertz CT molecular complexity index is 1520. The number of nitrogens with one attached hydrogen (secondary N) is 1. The van der Waals surface area contributed by atoms with Crippen LogP contribution in [-0.4, -0.2) is 38.7 Å². The van der Waals surface area contributed by atoms with Gasteiger partial charge in [0.15, 0.2) is 11.5 Å². The van der Waals surface area contributed by atoms with Crippen molar-refractivity contribution >= 4 is 64.4 Å². The summed E-state index contributed by atoms with van der Waals surface area (Å²) in [5.41, 5.74) is 0.931. The van der Waals surface area contributed by atoms with Crippen molar-refractivity contribution in [2.24, 2.45) is 0 Å². The number of urea groups is 1. The largest absolute Gasteiger partial charge is 0.495 e. The molecule has 0 saturated carbocycles. The third-order valence-electron chi connectivity index (χ3n) is 5.77. The van der Waals surface area contributed by atoms with Crippen LogP contribution in [0, 0.1) is 0 Å². The molecule has 0 radical (unpaired) electrons. The predicted molar refractivity (Wildman–Crippen MR) is 152 cm³/mol. The number of amides is 4. The van der Waals surface area contributed by atoms with E-state index in [0.29, 0.717) is 33.7 Å². The number of imide groups is 2. The zero-order valence-electron chi connectivity index (χ0n) is 21.5. The van der Waals surface area contributed by atoms with Gasteiger partial charge in [-0.05, 0) is 42.8 Å². The summed E-state index contributed by atoms with van der Waals surface area (Å²) < 4.78 is 22.2. The lowest BCUT2D eigenvalue weighted by Gasteiger charge is -2.28. The maximum Gasteiger partial charge on any atom is 0.336 e. The molecule has 4 amide bonds. The fourth-order valence-electron chi connectivity index (χ4n) is 3.86. The first-order valence-electron chi connectivity index (χ1n) is 11.8. The van der Waals surface area contributed by atoms with Crippen molar-refractivity contribution in [2.75, 3.05) is 25.7 Å². The molecule has 40 heavy (non-hydrogen) atoms. The second-order valence-corrected chi connectivity index (χ2v) is 9.53. The molecule has 0 aromatic heterocycles. The zero-order chi connectivity index (χ0) is 29.0. The quantitative estimate of drug-likeness (QED) is 0.225. The molecule has 12 heteroatoms. The SMILES string of the molecule is CCOc1cc(/C=C2\C(=O)NC(=O)N(c3cc(OC)c(Cl)cc3OC)C2=O)ccc1OCc1ccc(Cl)cc1Cl. The van der Waals surface area contributed by atoms with E-state index in [1.807, 2.05) is 0 Å². The molecular formula is C28H23Cl3N2O7. The second-order valence-electron chi connectivity index (χ2n) is 8.28. The number of carbonyl (C=O) groups is 3. The van der Waals surface area contributed by atoms with Crippen molar-refractivity contribution in [1.29, 1.82) is 0 Å². The summed E-state index contributed by atoms with van der Waals surface area (Å²) in [5.74, 6) is -0.595. The number of nitrogens with zero attached hydrogens (tertiary/aromatic N) is 1. The summed E-state index contributed by atoms with van der Waals surface area (Å²) in [6.07, 6.45) is 1.35. The van der Waals surface area contributed by atoms with E-state index in [-0.39, 0.29) is 34.4 Å². The average Bonchev–Trinajstić information content (AvgIpc) is 2.92. The van der Waals surface area contributed by atoms with Gasteiger partial charge in [0, 0.05) is 27.7 Å². The highest BCUT2D eigenvalue weighted by Crippen LogP contribution is 2.39. The van der Waals surface area contributed by atoms with Crippen molar-refractivity contribution < 1.29 is 33.3 Å². The number of ether oxygens (including phenoxy) is 4. The van der Waals surface area contributed by atoms with Gasteiger partial charge in [0.05, 0.1) is 31.5 Å². The van der Waals surface area contributed by atoms with Crippen molar-refractivity contribution in [3.05, 3.63) is 80.3 Å². The van der Waals surface area contributed by atoms with Crippen LogP contribution >= 0.6 is 34.8 Å². The van der Waals surface area contributed by atoms with Gasteiger partial charge in [-0.3, -0.25) is 14.9 Å². The Balaban J connectivity index is 1.66. The van der Waals surface area contributed by atoms with Gasteiger partial charge in [0.2, 0.25) is 0 Å². The van der Waals surface area contributed by atoms with Crippen LogP contribution in [0.1, 0.15) is 18.1 Å². The molecule has 1 N–H and O–H groups in total. The minimum Gasteiger partial charge on any atom is -0.495 e. The summed E-state index contributed by atoms with van der Waals surface area (Å²) in [7, 11) is 2.74. The maximum absolute atomic E-state index is 13.5. The van der Waals surface area contributed by atoms with E-state index in [2.05, 4.69) is 5.32 Å². The highest BCUT2D eigenvalue weighted by molar-refractivity contribution is 6.40. The van der Waals surface area contributed by atoms with Gasteiger partial charge in [0.25, 0.3) is 11.8 Å². The molecule has 1 saturated heterocycles. The number of anilines is 1. The summed E-state index contributed by atoms with van der Waals surface area (Å²) in [4.78, 5) is 39.7. The van der Waals surface area contributed by atoms with E-state index in [1.54, 1.807) is 43.3 Å². The second kappa shape index (κ2) is 12.5. The van der Waals surface area contributed by atoms with E-state index in [4.69, 9.17) is 53.8 Å². The van der Waals surface area contributed by atoms with Gasteiger partial charge in [-0.25, -0.2) is 9.69 Å². The topological polar surface area (TPSA) is 103 Å². The number of benzene rings is 3. The van der Waals surface area contributed by atoms with Crippen LogP contribution in [0.15, 0.2) is 54.1 Å². The fraction of sp³-hybridized carbons (Fsp3) is 0.179. The third-order valence-corrected chi connectivity index (χ3v) is 6.66. The molecule has 1 aliphatic rings. The highest BCUT2D eigenvalue weighted by atomic mass is 35.5. The van der Waals surface area contributed by atoms with Gasteiger partial charge in [-0.15, -0.1) is 0 Å². The van der Waals surface area contributed by atoms with Crippen molar-refractivity contribution in [3.8, 4) is 23.0 Å². The van der Waals surface area contributed by atoms with E-state index in [9.17, 15) is 14.4 Å². The molecule has 0 aliphatic carbocycles. The molecular weight excluding hydrogens is 583 g/mol. The van der Waals surface area contributed by atoms with Crippen molar-refractivity contribution in [2.45, 2.75) is 13.5 Å². The smallest absolute Gasteiger partial charge is 0.336 e. The molecule has 0 spiro atoms. The molecule has 9 nitrogen and oxygen atoms in total. The van der Waals surface area contributed by atoms with Crippen molar-refractivity contribution in [1.82, 2.24) is 5.32 Å². The number of carbonyl (C=O) groups excluding carboxylic acids is 3. The first-order chi connectivity index (χ1) is 19.2. The Labute approximate surface area is 245 Å². The van der Waals surface area contributed by atoms with Crippen LogP contribution in [0.3, 0.4) is 0 Å². The number of methoxy groups -OCH3 is 2. The summed E-state index contributed by atoms with van der Waals surface area (Å²) >= 11 is 18.4. The Hall–Kier alpha value is -3.92. The highest BCUT2D eigenvalue weighted by Gasteiger charge is 2.38. The molecule has 208 valence electrons. The van der Waals surface area contributed by atoms with E-state index >= 15 is 0 Å². The first kappa shape index (κ1) is 29.1. The monoisotopic (exact) mass is 604 g/mol. The van der Waals surface area contributed by atoms with Gasteiger partial charge in [-0.1, -0.05) is 46.9 Å². The molecule has 0 unspecified atom stereocenters. The van der Waals surface area contributed by atoms with Crippen molar-refractivity contribution in [3.63, 3.8) is 0 Å². The average molecular weight is 606 g/mol. The summed E-state index contributed by atoms with van der Waals surface area (Å²) in [6, 6.07) is 11.8. The number of halogens is 3. The Kier molecular flexibility index (Phi) is 9.09. The number of hydrogen-bond donors (Lipinski definition) is 1. The molecule has 0 bridgehead atoms. The zero-order valence-corrected chi connectivity index (χ0v) is 23.8. The number of barbiturate groups is 1. The van der Waals surface area contributed by atoms with E-state index in [0.717, 1.165) is 10.5 Å². The standard InChI is InChI=1S/C28H23Cl3N2O7/c1-4-39-25-10-15(5-8-22(25)40-14-16-6-7-17(29)11-19(16)30)9-18-26(34)32-28(36)33(27(18)35)21-13-23(37-2)20(31)12-24(21)38-3/h5-13H,4,14H2,1-3H3,(H,32,34,36)/b18-9+. The Morgan fingerprint density at radius 1 is 0.825 bits per heavy atom. The molecule has 1 fully saturated rings. The Morgan fingerprint density at radius 3 is 2.25 bits per heavy atom. The minimum absolute atomic E-state index is 0.0456. The fourth-order valence-corrected chi connectivity index (χ4v) is 4.55. The normalized spacial score (nSPS) is 14.3. The van der Waals surface area contributed by atoms with Gasteiger partial charge >= 0.3 is 6.03 Å². The van der Waals surface area contributed by atoms with Gasteiger partial charge in [0.1, 0.15) is 23.7 Å². The van der Waals surface area contributed by atoms with E-state index < -0.39 is 17.8 Å². The molecule has 3 aromatic carbocycles. The van der Waals surface area contributed by atoms with Crippen LogP contribution in [0.4, 0.5) is 10.5 Å².